The zero-order valence-electron chi connectivity index (χ0n) is 10.8. The van der Waals surface area contributed by atoms with Gasteiger partial charge in [-0.3, -0.25) is 4.21 Å². The van der Waals surface area contributed by atoms with Crippen LogP contribution in [0.1, 0.15) is 31.4 Å². The summed E-state index contributed by atoms with van der Waals surface area (Å²) >= 11 is 0. The van der Waals surface area contributed by atoms with Crippen LogP contribution in [0.25, 0.3) is 0 Å². The molecule has 0 aromatic heterocycles. The van der Waals surface area contributed by atoms with Crippen LogP contribution in [0.4, 0.5) is 0 Å². The molecule has 4 heteroatoms. The first kappa shape index (κ1) is 13.7. The molecular weight excluding hydrogens is 246 g/mol. The Bertz CT molecular complexity index is 416. The van der Waals surface area contributed by atoms with Gasteiger partial charge in [-0.05, 0) is 36.5 Å². The SMILES string of the molecule is CCS(=O)c1cccc(C(N)C2CCOCC2)c1. The summed E-state index contributed by atoms with van der Waals surface area (Å²) < 4.78 is 17.2. The second-order valence-corrected chi connectivity index (χ2v) is 6.42. The third-order valence-corrected chi connectivity index (χ3v) is 4.85. The van der Waals surface area contributed by atoms with Crippen molar-refractivity contribution in [1.29, 1.82) is 0 Å². The normalized spacial score (nSPS) is 20.6. The van der Waals surface area contributed by atoms with Crippen molar-refractivity contribution in [2.75, 3.05) is 19.0 Å². The molecule has 1 aliphatic rings. The van der Waals surface area contributed by atoms with Gasteiger partial charge in [-0.2, -0.15) is 0 Å². The third kappa shape index (κ3) is 3.19. The molecule has 0 saturated carbocycles. The van der Waals surface area contributed by atoms with E-state index in [-0.39, 0.29) is 6.04 Å². The summed E-state index contributed by atoms with van der Waals surface area (Å²) in [5.74, 6) is 1.12. The molecule has 0 spiro atoms. The second kappa shape index (κ2) is 6.45. The van der Waals surface area contributed by atoms with Crippen molar-refractivity contribution < 1.29 is 8.95 Å². The monoisotopic (exact) mass is 267 g/mol. The number of hydrogen-bond acceptors (Lipinski definition) is 3. The van der Waals surface area contributed by atoms with Gasteiger partial charge in [0.15, 0.2) is 0 Å². The van der Waals surface area contributed by atoms with Gasteiger partial charge in [0, 0.05) is 29.9 Å². The molecule has 100 valence electrons. The quantitative estimate of drug-likeness (QED) is 0.910. The van der Waals surface area contributed by atoms with E-state index < -0.39 is 10.8 Å². The maximum absolute atomic E-state index is 11.8. The molecule has 1 aliphatic heterocycles. The summed E-state index contributed by atoms with van der Waals surface area (Å²) in [4.78, 5) is 0.887. The molecule has 2 rings (SSSR count). The lowest BCUT2D eigenvalue weighted by atomic mass is 9.88. The van der Waals surface area contributed by atoms with Crippen molar-refractivity contribution in [3.8, 4) is 0 Å². The Morgan fingerprint density at radius 1 is 1.44 bits per heavy atom. The van der Waals surface area contributed by atoms with Crippen molar-refractivity contribution in [3.63, 3.8) is 0 Å². The molecule has 0 aliphatic carbocycles. The van der Waals surface area contributed by atoms with E-state index in [0.717, 1.165) is 36.5 Å². The van der Waals surface area contributed by atoms with Crippen LogP contribution in [0.2, 0.25) is 0 Å². The van der Waals surface area contributed by atoms with Crippen LogP contribution >= 0.6 is 0 Å². The molecule has 1 aromatic carbocycles. The Labute approximate surface area is 111 Å². The van der Waals surface area contributed by atoms with E-state index in [4.69, 9.17) is 10.5 Å². The van der Waals surface area contributed by atoms with E-state index in [0.29, 0.717) is 11.7 Å². The minimum absolute atomic E-state index is 0.0303. The highest BCUT2D eigenvalue weighted by atomic mass is 32.2. The fourth-order valence-corrected chi connectivity index (χ4v) is 3.21. The second-order valence-electron chi connectivity index (χ2n) is 4.68. The molecule has 18 heavy (non-hydrogen) atoms. The molecule has 1 saturated heterocycles. The highest BCUT2D eigenvalue weighted by molar-refractivity contribution is 7.85. The highest BCUT2D eigenvalue weighted by Gasteiger charge is 2.22. The lowest BCUT2D eigenvalue weighted by molar-refractivity contribution is 0.0583. The molecule has 3 nitrogen and oxygen atoms in total. The van der Waals surface area contributed by atoms with Crippen LogP contribution in [0.5, 0.6) is 0 Å². The number of hydrogen-bond donors (Lipinski definition) is 1. The Balaban J connectivity index is 2.14. The summed E-state index contributed by atoms with van der Waals surface area (Å²) in [6, 6.07) is 7.94. The molecule has 2 atom stereocenters. The van der Waals surface area contributed by atoms with Gasteiger partial charge in [-0.15, -0.1) is 0 Å². The van der Waals surface area contributed by atoms with Crippen molar-refractivity contribution in [1.82, 2.24) is 0 Å². The van der Waals surface area contributed by atoms with Crippen LogP contribution in [-0.2, 0) is 15.5 Å². The van der Waals surface area contributed by atoms with Gasteiger partial charge in [-0.1, -0.05) is 19.1 Å². The predicted molar refractivity (Wildman–Crippen MR) is 73.9 cm³/mol. The predicted octanol–water partition coefficient (Wildman–Crippen LogP) is 2.24. The first-order chi connectivity index (χ1) is 8.72. The smallest absolute Gasteiger partial charge is 0.0526 e. The van der Waals surface area contributed by atoms with E-state index in [2.05, 4.69) is 0 Å². The minimum atomic E-state index is -0.902. The molecule has 1 fully saturated rings. The lowest BCUT2D eigenvalue weighted by Gasteiger charge is -2.28. The number of nitrogens with two attached hydrogens (primary N) is 1. The van der Waals surface area contributed by atoms with E-state index in [1.165, 1.54) is 0 Å². The number of benzene rings is 1. The van der Waals surface area contributed by atoms with Crippen molar-refractivity contribution in [3.05, 3.63) is 29.8 Å². The molecule has 0 amide bonds. The van der Waals surface area contributed by atoms with Gasteiger partial charge in [0.2, 0.25) is 0 Å². The van der Waals surface area contributed by atoms with E-state index in [9.17, 15) is 4.21 Å². The Morgan fingerprint density at radius 2 is 2.17 bits per heavy atom. The van der Waals surface area contributed by atoms with Gasteiger partial charge in [0.1, 0.15) is 0 Å². The Hall–Kier alpha value is -0.710. The van der Waals surface area contributed by atoms with E-state index >= 15 is 0 Å². The van der Waals surface area contributed by atoms with Crippen molar-refractivity contribution in [2.24, 2.45) is 11.7 Å². The first-order valence-corrected chi connectivity index (χ1v) is 7.86. The van der Waals surface area contributed by atoms with Crippen LogP contribution < -0.4 is 5.73 Å². The standard InChI is InChI=1S/C14H21NO2S/c1-2-18(16)13-5-3-4-12(10-13)14(15)11-6-8-17-9-7-11/h3-5,10-11,14H,2,6-9,15H2,1H3. The average Bonchev–Trinajstić information content (AvgIpc) is 2.46. The summed E-state index contributed by atoms with van der Waals surface area (Å²) in [5.41, 5.74) is 7.42. The van der Waals surface area contributed by atoms with Gasteiger partial charge >= 0.3 is 0 Å². The van der Waals surface area contributed by atoms with Crippen LogP contribution in [-0.4, -0.2) is 23.2 Å². The lowest BCUT2D eigenvalue weighted by Crippen LogP contribution is -2.27. The van der Waals surface area contributed by atoms with E-state index in [1.807, 2.05) is 31.2 Å². The molecule has 2 unspecified atom stereocenters. The fraction of sp³-hybridized carbons (Fsp3) is 0.571. The molecule has 1 aromatic rings. The summed E-state index contributed by atoms with van der Waals surface area (Å²) in [6.45, 7) is 3.54. The maximum atomic E-state index is 11.8. The van der Waals surface area contributed by atoms with Crippen molar-refractivity contribution in [2.45, 2.75) is 30.7 Å². The molecular formula is C14H21NO2S. The van der Waals surface area contributed by atoms with Crippen LogP contribution in [0, 0.1) is 5.92 Å². The molecule has 1 heterocycles. The topological polar surface area (TPSA) is 52.3 Å². The van der Waals surface area contributed by atoms with Gasteiger partial charge < -0.3 is 10.5 Å². The Morgan fingerprint density at radius 3 is 2.83 bits per heavy atom. The molecule has 2 N–H and O–H groups in total. The zero-order valence-corrected chi connectivity index (χ0v) is 11.6. The molecule has 0 radical (unpaired) electrons. The minimum Gasteiger partial charge on any atom is -0.381 e. The highest BCUT2D eigenvalue weighted by Crippen LogP contribution is 2.28. The van der Waals surface area contributed by atoms with E-state index in [1.54, 1.807) is 0 Å². The van der Waals surface area contributed by atoms with Gasteiger partial charge in [0.25, 0.3) is 0 Å². The van der Waals surface area contributed by atoms with Gasteiger partial charge in [-0.25, -0.2) is 0 Å². The zero-order chi connectivity index (χ0) is 13.0. The Kier molecular flexibility index (Phi) is 4.92. The van der Waals surface area contributed by atoms with Crippen molar-refractivity contribution >= 4 is 10.8 Å². The van der Waals surface area contributed by atoms with Crippen LogP contribution in [0.15, 0.2) is 29.2 Å². The molecule has 0 bridgehead atoms. The third-order valence-electron chi connectivity index (χ3n) is 3.54. The largest absolute Gasteiger partial charge is 0.381 e. The average molecular weight is 267 g/mol. The number of ether oxygens (including phenoxy) is 1. The first-order valence-electron chi connectivity index (χ1n) is 6.54. The van der Waals surface area contributed by atoms with Gasteiger partial charge in [0.05, 0.1) is 10.8 Å². The summed E-state index contributed by atoms with van der Waals surface area (Å²) in [5, 5.41) is 0. The maximum Gasteiger partial charge on any atom is 0.0526 e. The summed E-state index contributed by atoms with van der Waals surface area (Å²) in [7, 11) is -0.902. The summed E-state index contributed by atoms with van der Waals surface area (Å²) in [6.07, 6.45) is 2.03. The number of rotatable bonds is 4. The fourth-order valence-electron chi connectivity index (χ4n) is 2.38. The van der Waals surface area contributed by atoms with Crippen LogP contribution in [0.3, 0.4) is 0 Å².